The molecule has 2 nitrogen and oxygen atoms in total. The van der Waals surface area contributed by atoms with Crippen molar-refractivity contribution in [1.82, 2.24) is 0 Å². The molecule has 0 heterocycles. The summed E-state index contributed by atoms with van der Waals surface area (Å²) in [6.07, 6.45) is 4.11. The van der Waals surface area contributed by atoms with Crippen molar-refractivity contribution in [2.75, 3.05) is 0 Å². The molecule has 0 unspecified atom stereocenters. The number of allylic oxidation sites excluding steroid dienone is 1. The third-order valence-electron chi connectivity index (χ3n) is 2.52. The Morgan fingerprint density at radius 2 is 1.94 bits per heavy atom. The zero-order chi connectivity index (χ0) is 12.1. The largest absolute Gasteiger partial charge is 0.431 e. The van der Waals surface area contributed by atoms with Gasteiger partial charge in [0.05, 0.1) is 11.8 Å². The molecule has 0 saturated heterocycles. The quantitative estimate of drug-likeness (QED) is 0.585. The Balaban J connectivity index is 2.35. The first-order valence-corrected chi connectivity index (χ1v) is 5.66. The second-order valence-corrected chi connectivity index (χ2v) is 3.71. The highest BCUT2D eigenvalue weighted by atomic mass is 16.5. The molecule has 0 aromatic heterocycles. The van der Waals surface area contributed by atoms with E-state index in [-0.39, 0.29) is 5.97 Å². The average molecular weight is 226 g/mol. The molecule has 0 N–H and O–H groups in total. The smallest absolute Gasteiger partial charge is 0.343 e. The minimum Gasteiger partial charge on any atom is -0.431 e. The lowest BCUT2D eigenvalue weighted by molar-refractivity contribution is 0.0664. The van der Waals surface area contributed by atoms with Gasteiger partial charge in [0, 0.05) is 0 Å². The highest BCUT2D eigenvalue weighted by Crippen LogP contribution is 2.19. The van der Waals surface area contributed by atoms with Gasteiger partial charge in [-0.1, -0.05) is 43.3 Å². The second kappa shape index (κ2) is 5.30. The van der Waals surface area contributed by atoms with Crippen LogP contribution in [0, 0.1) is 0 Å². The first-order chi connectivity index (χ1) is 8.33. The van der Waals surface area contributed by atoms with Gasteiger partial charge >= 0.3 is 5.97 Å². The van der Waals surface area contributed by atoms with Gasteiger partial charge in [0.1, 0.15) is 0 Å². The van der Waals surface area contributed by atoms with Crippen molar-refractivity contribution in [3.05, 3.63) is 60.4 Å². The first kappa shape index (κ1) is 11.4. The van der Waals surface area contributed by atoms with Crippen molar-refractivity contribution >= 4 is 16.7 Å². The van der Waals surface area contributed by atoms with Crippen LogP contribution in [0.1, 0.15) is 23.7 Å². The van der Waals surface area contributed by atoms with Crippen LogP contribution < -0.4 is 0 Å². The van der Waals surface area contributed by atoms with E-state index in [4.69, 9.17) is 4.74 Å². The van der Waals surface area contributed by atoms with E-state index in [0.29, 0.717) is 5.56 Å². The van der Waals surface area contributed by atoms with Crippen molar-refractivity contribution in [3.8, 4) is 0 Å². The Labute approximate surface area is 101 Å². The van der Waals surface area contributed by atoms with Crippen LogP contribution in [0.2, 0.25) is 0 Å². The van der Waals surface area contributed by atoms with Gasteiger partial charge in [-0.15, -0.1) is 0 Å². The number of hydrogen-bond acceptors (Lipinski definition) is 2. The number of ether oxygens (including phenoxy) is 1. The van der Waals surface area contributed by atoms with Gasteiger partial charge in [-0.3, -0.25) is 0 Å². The molecular formula is C15H14O2. The molecule has 0 aliphatic rings. The van der Waals surface area contributed by atoms with Crippen molar-refractivity contribution < 1.29 is 9.53 Å². The maximum Gasteiger partial charge on any atom is 0.343 e. The van der Waals surface area contributed by atoms with Gasteiger partial charge in [-0.2, -0.15) is 0 Å². The molecule has 0 fully saturated rings. The van der Waals surface area contributed by atoms with E-state index in [1.165, 1.54) is 6.26 Å². The van der Waals surface area contributed by atoms with E-state index in [2.05, 4.69) is 0 Å². The Morgan fingerprint density at radius 3 is 2.76 bits per heavy atom. The summed E-state index contributed by atoms with van der Waals surface area (Å²) < 4.78 is 5.06. The maximum absolute atomic E-state index is 11.9. The number of hydrogen-bond donors (Lipinski definition) is 0. The fourth-order valence-electron chi connectivity index (χ4n) is 1.67. The summed E-state index contributed by atoms with van der Waals surface area (Å²) in [5.74, 6) is -0.313. The Hall–Kier alpha value is -2.09. The number of carbonyl (C=O) groups excluding carboxylic acids is 1. The summed E-state index contributed by atoms with van der Waals surface area (Å²) >= 11 is 0. The van der Waals surface area contributed by atoms with Crippen LogP contribution in [-0.4, -0.2) is 5.97 Å². The summed E-state index contributed by atoms with van der Waals surface area (Å²) in [5, 5.41) is 1.96. The number of rotatable bonds is 3. The fraction of sp³-hybridized carbons (Fsp3) is 0.133. The van der Waals surface area contributed by atoms with E-state index >= 15 is 0 Å². The monoisotopic (exact) mass is 226 g/mol. The van der Waals surface area contributed by atoms with Crippen LogP contribution in [-0.2, 0) is 4.74 Å². The van der Waals surface area contributed by atoms with Gasteiger partial charge in [0.15, 0.2) is 0 Å². The molecule has 0 spiro atoms. The molecule has 86 valence electrons. The second-order valence-electron chi connectivity index (χ2n) is 3.71. The van der Waals surface area contributed by atoms with Crippen LogP contribution in [0.4, 0.5) is 0 Å². The number of esters is 1. The maximum atomic E-state index is 11.9. The summed E-state index contributed by atoms with van der Waals surface area (Å²) in [5.41, 5.74) is 0.601. The molecule has 2 rings (SSSR count). The Kier molecular flexibility index (Phi) is 3.55. The minimum atomic E-state index is -0.313. The molecule has 0 radical (unpaired) electrons. The predicted octanol–water partition coefficient (Wildman–Crippen LogP) is 3.92. The average Bonchev–Trinajstić information content (AvgIpc) is 2.38. The van der Waals surface area contributed by atoms with Gasteiger partial charge < -0.3 is 4.74 Å². The topological polar surface area (TPSA) is 26.3 Å². The fourth-order valence-corrected chi connectivity index (χ4v) is 1.67. The highest BCUT2D eigenvalue weighted by molar-refractivity contribution is 6.04. The van der Waals surface area contributed by atoms with Crippen molar-refractivity contribution in [3.63, 3.8) is 0 Å². The van der Waals surface area contributed by atoms with Crippen LogP contribution in [0.5, 0.6) is 0 Å². The molecular weight excluding hydrogens is 212 g/mol. The van der Waals surface area contributed by atoms with Gasteiger partial charge in [0.25, 0.3) is 0 Å². The van der Waals surface area contributed by atoms with Crippen molar-refractivity contribution in [1.29, 1.82) is 0 Å². The van der Waals surface area contributed by atoms with Gasteiger partial charge in [0.2, 0.25) is 0 Å². The summed E-state index contributed by atoms with van der Waals surface area (Å²) in [4.78, 5) is 11.9. The lowest BCUT2D eigenvalue weighted by Gasteiger charge is -2.04. The zero-order valence-corrected chi connectivity index (χ0v) is 9.72. The van der Waals surface area contributed by atoms with Gasteiger partial charge in [-0.25, -0.2) is 4.79 Å². The van der Waals surface area contributed by atoms with E-state index in [1.54, 1.807) is 6.07 Å². The normalized spacial score (nSPS) is 10.9. The van der Waals surface area contributed by atoms with E-state index in [9.17, 15) is 4.79 Å². The molecule has 0 aliphatic heterocycles. The summed E-state index contributed by atoms with van der Waals surface area (Å²) in [6.45, 7) is 1.99. The first-order valence-electron chi connectivity index (χ1n) is 5.66. The molecule has 17 heavy (non-hydrogen) atoms. The van der Waals surface area contributed by atoms with Crippen LogP contribution in [0.25, 0.3) is 10.8 Å². The Bertz CT molecular complexity index is 550. The summed E-state index contributed by atoms with van der Waals surface area (Å²) in [7, 11) is 0. The van der Waals surface area contributed by atoms with E-state index < -0.39 is 0 Å². The third kappa shape index (κ3) is 2.53. The zero-order valence-electron chi connectivity index (χ0n) is 9.72. The standard InChI is InChI=1S/C15H14O2/c1-2-3-11-17-15(16)14-10-6-8-12-7-4-5-9-13(12)14/h3-11H,2H2,1H3. The van der Waals surface area contributed by atoms with E-state index in [0.717, 1.165) is 17.2 Å². The number of carbonyl (C=O) groups is 1. The predicted molar refractivity (Wildman–Crippen MR) is 68.8 cm³/mol. The molecule has 0 bridgehead atoms. The molecule has 0 amide bonds. The lowest BCUT2D eigenvalue weighted by atomic mass is 10.1. The minimum absolute atomic E-state index is 0.313. The van der Waals surface area contributed by atoms with Crippen LogP contribution in [0.15, 0.2) is 54.8 Å². The molecule has 0 atom stereocenters. The number of fused-ring (bicyclic) bond motifs is 1. The van der Waals surface area contributed by atoms with Crippen LogP contribution in [0.3, 0.4) is 0 Å². The van der Waals surface area contributed by atoms with E-state index in [1.807, 2.05) is 49.4 Å². The van der Waals surface area contributed by atoms with Crippen molar-refractivity contribution in [2.45, 2.75) is 13.3 Å². The van der Waals surface area contributed by atoms with Crippen LogP contribution >= 0.6 is 0 Å². The molecule has 2 heteroatoms. The SMILES string of the molecule is CCC=COC(=O)c1cccc2ccccc12. The molecule has 2 aromatic carbocycles. The highest BCUT2D eigenvalue weighted by Gasteiger charge is 2.09. The Morgan fingerprint density at radius 1 is 1.18 bits per heavy atom. The van der Waals surface area contributed by atoms with Crippen molar-refractivity contribution in [2.24, 2.45) is 0 Å². The molecule has 0 aliphatic carbocycles. The number of benzene rings is 2. The lowest BCUT2D eigenvalue weighted by Crippen LogP contribution is -2.01. The molecule has 0 saturated carbocycles. The summed E-state index contributed by atoms with van der Waals surface area (Å²) in [6, 6.07) is 13.4. The molecule has 2 aromatic rings. The third-order valence-corrected chi connectivity index (χ3v) is 2.52. The van der Waals surface area contributed by atoms with Gasteiger partial charge in [-0.05, 0) is 29.3 Å².